The third kappa shape index (κ3) is 8.61. The second-order valence-electron chi connectivity index (χ2n) is 18.1. The first-order chi connectivity index (χ1) is 30.8. The number of hydrogen-bond donors (Lipinski definition) is 3. The number of aromatic amines is 1. The highest BCUT2D eigenvalue weighted by Gasteiger charge is 2.50. The Morgan fingerprint density at radius 1 is 1.05 bits per heavy atom. The summed E-state index contributed by atoms with van der Waals surface area (Å²) in [5.74, 6) is -0.220. The fraction of sp³-hybridized carbons (Fsp3) is 0.447. The number of ether oxygens (including phenoxy) is 2. The molecule has 5 aromatic rings. The van der Waals surface area contributed by atoms with E-state index in [1.54, 1.807) is 30.5 Å². The number of rotatable bonds is 13. The van der Waals surface area contributed by atoms with Gasteiger partial charge in [-0.1, -0.05) is 38.1 Å². The van der Waals surface area contributed by atoms with Crippen molar-refractivity contribution in [2.75, 3.05) is 49.6 Å². The normalized spacial score (nSPS) is 19.9. The number of piperidine rings is 1. The summed E-state index contributed by atoms with van der Waals surface area (Å²) < 4.78 is 41.2. The Bertz CT molecular complexity index is 2710. The molecule has 0 radical (unpaired) electrons. The molecular formula is C47H53N9O7S. The highest BCUT2D eigenvalue weighted by Crippen LogP contribution is 2.54. The molecule has 1 aliphatic carbocycles. The molecule has 6 heterocycles. The Morgan fingerprint density at radius 2 is 1.83 bits per heavy atom. The van der Waals surface area contributed by atoms with Gasteiger partial charge in [-0.15, -0.1) is 0 Å². The molecule has 334 valence electrons. The number of amides is 1. The highest BCUT2D eigenvalue weighted by molar-refractivity contribution is 7.90. The van der Waals surface area contributed by atoms with Crippen LogP contribution in [0.15, 0.2) is 84.1 Å². The van der Waals surface area contributed by atoms with E-state index in [2.05, 4.69) is 77.7 Å². The van der Waals surface area contributed by atoms with Gasteiger partial charge in [0.25, 0.3) is 21.5 Å². The average Bonchev–Trinajstić information content (AvgIpc) is 3.98. The van der Waals surface area contributed by atoms with E-state index in [0.717, 1.165) is 55.8 Å². The number of carbonyl (C=O) groups excluding carboxylic acids is 1. The van der Waals surface area contributed by atoms with E-state index in [4.69, 9.17) is 16.0 Å². The van der Waals surface area contributed by atoms with Crippen LogP contribution in [0.2, 0.25) is 0 Å². The summed E-state index contributed by atoms with van der Waals surface area (Å²) in [6.07, 6.45) is 12.0. The third-order valence-corrected chi connectivity index (χ3v) is 15.2. The third-order valence-electron chi connectivity index (χ3n) is 13.9. The molecule has 4 fully saturated rings. The van der Waals surface area contributed by atoms with Crippen molar-refractivity contribution in [3.8, 4) is 11.5 Å². The number of sulfonamides is 1. The van der Waals surface area contributed by atoms with Gasteiger partial charge in [-0.05, 0) is 91.8 Å². The second-order valence-corrected chi connectivity index (χ2v) is 19.8. The fourth-order valence-electron chi connectivity index (χ4n) is 10.2. The molecule has 0 bridgehead atoms. The van der Waals surface area contributed by atoms with E-state index >= 15 is 0 Å². The van der Waals surface area contributed by atoms with Gasteiger partial charge in [0.2, 0.25) is 5.82 Å². The van der Waals surface area contributed by atoms with Crippen LogP contribution in [-0.2, 0) is 14.8 Å². The first-order valence-corrected chi connectivity index (χ1v) is 23.6. The van der Waals surface area contributed by atoms with E-state index < -0.39 is 37.0 Å². The molecule has 3 aromatic heterocycles. The van der Waals surface area contributed by atoms with E-state index in [9.17, 15) is 23.3 Å². The van der Waals surface area contributed by atoms with Crippen molar-refractivity contribution in [1.82, 2.24) is 24.6 Å². The molecule has 64 heavy (non-hydrogen) atoms. The molecule has 17 heteroatoms. The van der Waals surface area contributed by atoms with E-state index in [-0.39, 0.29) is 23.7 Å². The standard InChI is InChI=1S/C47H53N9O7S/c1-31(2)37-7-4-5-8-38(37)40-9-6-18-55(40)34-26-46(27-34)13-19-54(20-14-46)33-10-11-39(42(24-33)63-35-23-32-12-17-49-43(32)50-28-35)45(57)53-64(60,61)36-25-41(56(58)59)44(51-29-36)52-30-47(48-3)15-21-62-22-16-47/h4-5,7-8,10-12,17,23-25,28-29,31,34,40H,6,9,13-16,18-22,26-27,30H2,1-2H3,(H,49,50)(H,51,52)(H,53,57)/t40-/m1/s1. The van der Waals surface area contributed by atoms with Crippen LogP contribution in [0, 0.1) is 22.1 Å². The van der Waals surface area contributed by atoms with Gasteiger partial charge in [-0.25, -0.2) is 29.7 Å². The molecule has 3 saturated heterocycles. The summed E-state index contributed by atoms with van der Waals surface area (Å²) in [7, 11) is -4.67. The summed E-state index contributed by atoms with van der Waals surface area (Å²) >= 11 is 0. The minimum atomic E-state index is -4.67. The van der Waals surface area contributed by atoms with Gasteiger partial charge in [0.15, 0.2) is 0 Å². The number of nitrogens with one attached hydrogen (secondary N) is 3. The first kappa shape index (κ1) is 43.2. The van der Waals surface area contributed by atoms with Crippen LogP contribution in [-0.4, -0.2) is 90.1 Å². The van der Waals surface area contributed by atoms with Crippen LogP contribution in [0.4, 0.5) is 17.2 Å². The molecule has 3 N–H and O–H groups in total. The van der Waals surface area contributed by atoms with Crippen LogP contribution in [0.1, 0.15) is 98.7 Å². The monoisotopic (exact) mass is 887 g/mol. The van der Waals surface area contributed by atoms with Gasteiger partial charge >= 0.3 is 5.69 Å². The predicted molar refractivity (Wildman–Crippen MR) is 242 cm³/mol. The van der Waals surface area contributed by atoms with Crippen molar-refractivity contribution >= 4 is 44.2 Å². The lowest BCUT2D eigenvalue weighted by molar-refractivity contribution is -0.384. The maximum Gasteiger partial charge on any atom is 0.312 e. The SMILES string of the molecule is [C-]#[N+]C1(CNc2ncc(S(=O)(=O)NC(=O)c3ccc(N4CCC5(CC4)CC(N4CCC[C@@H]4c4ccccc4C(C)C)C5)cc3Oc3cnc4[nH]ccc4c3)cc2[N+](=O)[O-])CCOCC1. The number of benzene rings is 2. The minimum absolute atomic E-state index is 0.0577. The Hall–Kier alpha value is -6.09. The number of H-pyrrole nitrogens is 1. The quantitative estimate of drug-likeness (QED) is 0.0583. The van der Waals surface area contributed by atoms with Crippen molar-refractivity contribution < 1.29 is 27.6 Å². The van der Waals surface area contributed by atoms with E-state index in [1.807, 2.05) is 6.07 Å². The maximum atomic E-state index is 14.0. The van der Waals surface area contributed by atoms with Gasteiger partial charge in [0, 0.05) is 54.6 Å². The molecule has 9 rings (SSSR count). The molecule has 3 aliphatic heterocycles. The van der Waals surface area contributed by atoms with Gasteiger partial charge in [0.1, 0.15) is 22.0 Å². The number of fused-ring (bicyclic) bond motifs is 1. The number of likely N-dealkylation sites (tertiary alicyclic amines) is 1. The lowest BCUT2D eigenvalue weighted by atomic mass is 9.59. The minimum Gasteiger partial charge on any atom is -0.455 e. The summed E-state index contributed by atoms with van der Waals surface area (Å²) in [6, 6.07) is 19.6. The largest absolute Gasteiger partial charge is 0.455 e. The maximum absolute atomic E-state index is 14.0. The molecule has 1 saturated carbocycles. The number of nitro groups is 1. The predicted octanol–water partition coefficient (Wildman–Crippen LogP) is 8.37. The lowest BCUT2D eigenvalue weighted by Gasteiger charge is -2.56. The van der Waals surface area contributed by atoms with Crippen LogP contribution >= 0.6 is 0 Å². The molecule has 0 unspecified atom stereocenters. The summed E-state index contributed by atoms with van der Waals surface area (Å²) in [4.78, 5) is 45.1. The highest BCUT2D eigenvalue weighted by atomic mass is 32.2. The molecule has 2 aromatic carbocycles. The molecule has 1 amide bonds. The number of aromatic nitrogens is 3. The molecular weight excluding hydrogens is 835 g/mol. The second kappa shape index (κ2) is 17.5. The van der Waals surface area contributed by atoms with Crippen molar-refractivity contribution in [2.45, 2.75) is 93.7 Å². The number of nitrogens with zero attached hydrogens (tertiary/aromatic N) is 6. The Labute approximate surface area is 372 Å². The average molecular weight is 888 g/mol. The van der Waals surface area contributed by atoms with Crippen molar-refractivity contribution in [3.05, 3.63) is 117 Å². The zero-order chi connectivity index (χ0) is 44.6. The Kier molecular flexibility index (Phi) is 11.8. The number of anilines is 2. The zero-order valence-electron chi connectivity index (χ0n) is 36.1. The van der Waals surface area contributed by atoms with Crippen molar-refractivity contribution in [3.63, 3.8) is 0 Å². The Balaban J connectivity index is 0.907. The van der Waals surface area contributed by atoms with Crippen LogP contribution < -0.4 is 19.7 Å². The van der Waals surface area contributed by atoms with Crippen LogP contribution in [0.3, 0.4) is 0 Å². The molecule has 16 nitrogen and oxygen atoms in total. The smallest absolute Gasteiger partial charge is 0.312 e. The summed E-state index contributed by atoms with van der Waals surface area (Å²) in [5, 5.41) is 15.8. The topological polar surface area (TPSA) is 189 Å². The van der Waals surface area contributed by atoms with Crippen molar-refractivity contribution in [2.24, 2.45) is 5.41 Å². The van der Waals surface area contributed by atoms with E-state index in [1.165, 1.54) is 43.0 Å². The molecule has 4 aliphatic rings. The van der Waals surface area contributed by atoms with E-state index in [0.29, 0.717) is 60.9 Å². The molecule has 1 spiro atoms. The summed E-state index contributed by atoms with van der Waals surface area (Å²) in [5.41, 5.74) is 3.23. The first-order valence-electron chi connectivity index (χ1n) is 22.1. The van der Waals surface area contributed by atoms with Crippen LogP contribution in [0.25, 0.3) is 15.9 Å². The fourth-order valence-corrected chi connectivity index (χ4v) is 11.2. The summed E-state index contributed by atoms with van der Waals surface area (Å²) in [6.45, 7) is 15.9. The van der Waals surface area contributed by atoms with Crippen LogP contribution in [0.5, 0.6) is 11.5 Å². The van der Waals surface area contributed by atoms with Crippen molar-refractivity contribution in [1.29, 1.82) is 0 Å². The Morgan fingerprint density at radius 3 is 2.58 bits per heavy atom. The van der Waals surface area contributed by atoms with Gasteiger partial charge in [0.05, 0.1) is 55.5 Å². The van der Waals surface area contributed by atoms with Gasteiger partial charge in [-0.3, -0.25) is 19.8 Å². The van der Waals surface area contributed by atoms with Gasteiger partial charge in [-0.2, -0.15) is 0 Å². The lowest BCUT2D eigenvalue weighted by Crippen LogP contribution is -2.54. The van der Waals surface area contributed by atoms with Gasteiger partial charge < -0.3 is 29.5 Å². The molecule has 1 atom stereocenters. The zero-order valence-corrected chi connectivity index (χ0v) is 36.9. The number of hydrogen-bond acceptors (Lipinski definition) is 12. The number of carbonyl (C=O) groups is 1. The number of pyridine rings is 2.